The van der Waals surface area contributed by atoms with E-state index in [1.54, 1.807) is 6.92 Å². The van der Waals surface area contributed by atoms with Crippen molar-refractivity contribution in [3.05, 3.63) is 17.5 Å². The molecule has 0 saturated carbocycles. The van der Waals surface area contributed by atoms with Crippen LogP contribution in [0.1, 0.15) is 23.0 Å². The molecule has 0 unspecified atom stereocenters. The molecule has 0 aromatic carbocycles. The fourth-order valence-electron chi connectivity index (χ4n) is 1.39. The summed E-state index contributed by atoms with van der Waals surface area (Å²) in [6.45, 7) is 1.63. The van der Waals surface area contributed by atoms with E-state index < -0.39 is 18.1 Å². The molecule has 0 aliphatic heterocycles. The number of halogens is 4. The van der Waals surface area contributed by atoms with Crippen LogP contribution in [0.4, 0.5) is 13.2 Å². The van der Waals surface area contributed by atoms with E-state index in [0.29, 0.717) is 0 Å². The first-order valence-corrected chi connectivity index (χ1v) is 6.50. The zero-order valence-electron chi connectivity index (χ0n) is 10.6. The van der Waals surface area contributed by atoms with Gasteiger partial charge in [-0.2, -0.15) is 0 Å². The van der Waals surface area contributed by atoms with Crippen LogP contribution in [0.2, 0.25) is 0 Å². The highest BCUT2D eigenvalue weighted by Crippen LogP contribution is 2.38. The van der Waals surface area contributed by atoms with Crippen LogP contribution in [0.3, 0.4) is 0 Å². The summed E-state index contributed by atoms with van der Waals surface area (Å²) in [5.41, 5.74) is -0.287. The predicted octanol–water partition coefficient (Wildman–Crippen LogP) is 3.06. The molecule has 0 aliphatic rings. The lowest BCUT2D eigenvalue weighted by molar-refractivity contribution is -0.275. The number of methoxy groups -OCH3 is 1. The Morgan fingerprint density at radius 2 is 2.05 bits per heavy atom. The van der Waals surface area contributed by atoms with Crippen molar-refractivity contribution in [3.8, 4) is 11.5 Å². The molecule has 0 N–H and O–H groups in total. The zero-order chi connectivity index (χ0) is 15.3. The van der Waals surface area contributed by atoms with E-state index in [-0.39, 0.29) is 28.9 Å². The van der Waals surface area contributed by atoms with Gasteiger partial charge in [0.05, 0.1) is 19.4 Å². The van der Waals surface area contributed by atoms with E-state index in [9.17, 15) is 18.0 Å². The van der Waals surface area contributed by atoms with Gasteiger partial charge in [0.2, 0.25) is 0 Å². The van der Waals surface area contributed by atoms with Crippen LogP contribution in [0.5, 0.6) is 11.5 Å². The molecule has 0 radical (unpaired) electrons. The third-order valence-electron chi connectivity index (χ3n) is 2.11. The van der Waals surface area contributed by atoms with Gasteiger partial charge >= 0.3 is 12.3 Å². The number of alkyl halides is 4. The standard InChI is InChI=1S/C11H11BrF3NO4/c1-3-19-10(17)6-5-16-7(4-12)9(8(6)18-2)20-11(13,14)15/h5H,3-4H2,1-2H3. The van der Waals surface area contributed by atoms with E-state index in [0.717, 1.165) is 13.3 Å². The molecule has 0 fully saturated rings. The van der Waals surface area contributed by atoms with Gasteiger partial charge in [-0.15, -0.1) is 13.2 Å². The third kappa shape index (κ3) is 3.99. The summed E-state index contributed by atoms with van der Waals surface area (Å²) in [6.07, 6.45) is -3.85. The molecule has 0 amide bonds. The first kappa shape index (κ1) is 16.5. The minimum absolute atomic E-state index is 0.00210. The second-order valence-corrected chi connectivity index (χ2v) is 3.94. The Morgan fingerprint density at radius 1 is 1.40 bits per heavy atom. The number of pyridine rings is 1. The molecule has 0 atom stereocenters. The van der Waals surface area contributed by atoms with Gasteiger partial charge in [-0.1, -0.05) is 15.9 Å². The maximum Gasteiger partial charge on any atom is 0.573 e. The van der Waals surface area contributed by atoms with Crippen LogP contribution >= 0.6 is 15.9 Å². The van der Waals surface area contributed by atoms with E-state index in [2.05, 4.69) is 25.7 Å². The van der Waals surface area contributed by atoms with Crippen LogP contribution < -0.4 is 9.47 Å². The highest BCUT2D eigenvalue weighted by molar-refractivity contribution is 9.08. The van der Waals surface area contributed by atoms with E-state index >= 15 is 0 Å². The average molecular weight is 358 g/mol. The summed E-state index contributed by atoms with van der Waals surface area (Å²) >= 11 is 2.99. The molecule has 0 bridgehead atoms. The highest BCUT2D eigenvalue weighted by Gasteiger charge is 2.35. The lowest BCUT2D eigenvalue weighted by Crippen LogP contribution is -2.20. The quantitative estimate of drug-likeness (QED) is 0.598. The van der Waals surface area contributed by atoms with Crippen molar-refractivity contribution in [1.82, 2.24) is 4.98 Å². The molecule has 112 valence electrons. The van der Waals surface area contributed by atoms with Crippen molar-refractivity contribution in [2.45, 2.75) is 18.6 Å². The molecule has 9 heteroatoms. The molecule has 20 heavy (non-hydrogen) atoms. The van der Waals surface area contributed by atoms with Gasteiger partial charge in [0.25, 0.3) is 0 Å². The Labute approximate surface area is 121 Å². The van der Waals surface area contributed by atoms with Gasteiger partial charge in [0, 0.05) is 11.5 Å². The molecule has 0 aliphatic carbocycles. The van der Waals surface area contributed by atoms with E-state index in [1.807, 2.05) is 0 Å². The number of hydrogen-bond acceptors (Lipinski definition) is 5. The minimum atomic E-state index is -4.93. The van der Waals surface area contributed by atoms with Crippen molar-refractivity contribution in [3.63, 3.8) is 0 Å². The number of carbonyl (C=O) groups is 1. The molecule has 1 aromatic heterocycles. The Kier molecular flexibility index (Phi) is 5.61. The maximum atomic E-state index is 12.4. The van der Waals surface area contributed by atoms with E-state index in [1.165, 1.54) is 0 Å². The first-order valence-electron chi connectivity index (χ1n) is 5.38. The molecule has 0 saturated heterocycles. The second-order valence-electron chi connectivity index (χ2n) is 3.38. The largest absolute Gasteiger partial charge is 0.573 e. The van der Waals surface area contributed by atoms with Gasteiger partial charge in [-0.05, 0) is 6.92 Å². The van der Waals surface area contributed by atoms with Crippen molar-refractivity contribution >= 4 is 21.9 Å². The second kappa shape index (κ2) is 6.78. The average Bonchev–Trinajstić information content (AvgIpc) is 2.36. The van der Waals surface area contributed by atoms with Crippen LogP contribution in [0.15, 0.2) is 6.20 Å². The maximum absolute atomic E-state index is 12.4. The molecule has 1 aromatic rings. The van der Waals surface area contributed by atoms with Crippen molar-refractivity contribution in [2.24, 2.45) is 0 Å². The summed E-state index contributed by atoms with van der Waals surface area (Å²) < 4.78 is 50.7. The number of rotatable bonds is 5. The molecule has 1 rings (SSSR count). The van der Waals surface area contributed by atoms with Gasteiger partial charge in [-0.3, -0.25) is 4.98 Å². The number of carbonyl (C=O) groups excluding carboxylic acids is 1. The Bertz CT molecular complexity index is 493. The smallest absolute Gasteiger partial charge is 0.492 e. The molecular formula is C11H11BrF3NO4. The minimum Gasteiger partial charge on any atom is -0.492 e. The molecular weight excluding hydrogens is 347 g/mol. The molecule has 0 spiro atoms. The van der Waals surface area contributed by atoms with Crippen molar-refractivity contribution in [2.75, 3.05) is 13.7 Å². The fourth-order valence-corrected chi connectivity index (χ4v) is 1.79. The van der Waals surface area contributed by atoms with Crippen molar-refractivity contribution in [1.29, 1.82) is 0 Å². The Balaban J connectivity index is 3.36. The third-order valence-corrected chi connectivity index (χ3v) is 2.64. The highest BCUT2D eigenvalue weighted by atomic mass is 79.9. The Hall–Kier alpha value is -1.51. The van der Waals surface area contributed by atoms with Gasteiger partial charge in [0.1, 0.15) is 5.56 Å². The zero-order valence-corrected chi connectivity index (χ0v) is 12.2. The van der Waals surface area contributed by atoms with Crippen LogP contribution in [0.25, 0.3) is 0 Å². The normalized spacial score (nSPS) is 11.1. The summed E-state index contributed by atoms with van der Waals surface area (Å²) in [7, 11) is 1.12. The summed E-state index contributed by atoms with van der Waals surface area (Å²) in [5, 5.41) is -0.00210. The van der Waals surface area contributed by atoms with Gasteiger partial charge < -0.3 is 14.2 Å². The van der Waals surface area contributed by atoms with Crippen LogP contribution in [0, 0.1) is 0 Å². The topological polar surface area (TPSA) is 57.7 Å². The number of esters is 1. The molecule has 1 heterocycles. The van der Waals surface area contributed by atoms with Crippen molar-refractivity contribution < 1.29 is 32.2 Å². The molecule has 5 nitrogen and oxygen atoms in total. The van der Waals surface area contributed by atoms with Gasteiger partial charge in [-0.25, -0.2) is 4.79 Å². The summed E-state index contributed by atoms with van der Waals surface area (Å²) in [4.78, 5) is 15.4. The van der Waals surface area contributed by atoms with Crippen LogP contribution in [-0.2, 0) is 10.1 Å². The number of nitrogens with zero attached hydrogens (tertiary/aromatic N) is 1. The van der Waals surface area contributed by atoms with Gasteiger partial charge in [0.15, 0.2) is 11.5 Å². The lowest BCUT2D eigenvalue weighted by atomic mass is 10.2. The number of ether oxygens (including phenoxy) is 3. The number of aromatic nitrogens is 1. The predicted molar refractivity (Wildman–Crippen MR) is 66.1 cm³/mol. The monoisotopic (exact) mass is 357 g/mol. The lowest BCUT2D eigenvalue weighted by Gasteiger charge is -2.17. The SMILES string of the molecule is CCOC(=O)c1cnc(CBr)c(OC(F)(F)F)c1OC. The number of hydrogen-bond donors (Lipinski definition) is 0. The summed E-state index contributed by atoms with van der Waals surface area (Å²) in [6, 6.07) is 0. The first-order chi connectivity index (χ1) is 9.34. The van der Waals surface area contributed by atoms with Crippen LogP contribution in [-0.4, -0.2) is 31.0 Å². The Morgan fingerprint density at radius 3 is 2.50 bits per heavy atom. The fraction of sp³-hybridized carbons (Fsp3) is 0.455. The van der Waals surface area contributed by atoms with E-state index in [4.69, 9.17) is 9.47 Å². The summed E-state index contributed by atoms with van der Waals surface area (Å²) in [5.74, 6) is -1.88.